The van der Waals surface area contributed by atoms with Crippen LogP contribution in [0.25, 0.3) is 0 Å². The second-order valence-corrected chi connectivity index (χ2v) is 17.5. The van der Waals surface area contributed by atoms with Crippen molar-refractivity contribution in [1.29, 1.82) is 0 Å². The standard InChI is InChI=1S/C29H60O3Si2/c1-4-5-6-7-8-9-10-11-12-13-14-15-16-17-18-23-29(27-33-25-20-19-24-30-33)32-34(3)26-21-22-28(2)31-34/h28-29,33H,4-27H2,1-3H3. The zero-order chi connectivity index (χ0) is 24.3. The van der Waals surface area contributed by atoms with Gasteiger partial charge in [-0.15, -0.1) is 0 Å². The minimum atomic E-state index is -1.99. The van der Waals surface area contributed by atoms with Gasteiger partial charge in [0.05, 0.1) is 0 Å². The van der Waals surface area contributed by atoms with Crippen molar-refractivity contribution < 1.29 is 13.3 Å². The molecule has 0 aromatic carbocycles. The van der Waals surface area contributed by atoms with Gasteiger partial charge in [-0.3, -0.25) is 0 Å². The van der Waals surface area contributed by atoms with E-state index in [-0.39, 0.29) is 0 Å². The zero-order valence-electron chi connectivity index (χ0n) is 23.4. The highest BCUT2D eigenvalue weighted by Crippen LogP contribution is 2.31. The van der Waals surface area contributed by atoms with Crippen molar-refractivity contribution in [3.8, 4) is 0 Å². The molecule has 0 bridgehead atoms. The third-order valence-electron chi connectivity index (χ3n) is 8.04. The van der Waals surface area contributed by atoms with E-state index >= 15 is 0 Å². The minimum Gasteiger partial charge on any atom is -0.420 e. The molecule has 0 N–H and O–H groups in total. The fraction of sp³-hybridized carbons (Fsp3) is 1.00. The summed E-state index contributed by atoms with van der Waals surface area (Å²) in [5.74, 6) is 0. The van der Waals surface area contributed by atoms with Crippen LogP contribution in [0.3, 0.4) is 0 Å². The predicted octanol–water partition coefficient (Wildman–Crippen LogP) is 9.44. The molecule has 2 heterocycles. The van der Waals surface area contributed by atoms with Gasteiger partial charge in [-0.1, -0.05) is 110 Å². The lowest BCUT2D eigenvalue weighted by atomic mass is 10.0. The molecule has 0 aliphatic carbocycles. The summed E-state index contributed by atoms with van der Waals surface area (Å²) >= 11 is 0. The molecule has 0 aromatic heterocycles. The van der Waals surface area contributed by atoms with Gasteiger partial charge >= 0.3 is 8.56 Å². The summed E-state index contributed by atoms with van der Waals surface area (Å²) in [7, 11) is -3.04. The molecule has 3 nitrogen and oxygen atoms in total. The minimum absolute atomic E-state index is 0.389. The van der Waals surface area contributed by atoms with Crippen LogP contribution < -0.4 is 0 Å². The Morgan fingerprint density at radius 1 is 0.824 bits per heavy atom. The number of hydrogen-bond acceptors (Lipinski definition) is 3. The molecule has 2 fully saturated rings. The molecule has 202 valence electrons. The first kappa shape index (κ1) is 30.5. The van der Waals surface area contributed by atoms with Crippen LogP contribution >= 0.6 is 0 Å². The van der Waals surface area contributed by atoms with Crippen molar-refractivity contribution in [1.82, 2.24) is 0 Å². The summed E-state index contributed by atoms with van der Waals surface area (Å²) in [5.41, 5.74) is 0. The molecule has 2 saturated heterocycles. The van der Waals surface area contributed by atoms with Crippen LogP contribution in [0.15, 0.2) is 0 Å². The average Bonchev–Trinajstić information content (AvgIpc) is 2.81. The maximum Gasteiger partial charge on any atom is 0.335 e. The molecule has 0 spiro atoms. The first-order valence-corrected chi connectivity index (χ1v) is 20.2. The highest BCUT2D eigenvalue weighted by molar-refractivity contribution is 6.66. The number of unbranched alkanes of at least 4 members (excludes halogenated alkanes) is 14. The lowest BCUT2D eigenvalue weighted by Gasteiger charge is -2.38. The summed E-state index contributed by atoms with van der Waals surface area (Å²) in [4.78, 5) is 0. The Kier molecular flexibility index (Phi) is 17.4. The van der Waals surface area contributed by atoms with Crippen LogP contribution in [-0.4, -0.2) is 36.4 Å². The van der Waals surface area contributed by atoms with E-state index in [2.05, 4.69) is 20.4 Å². The predicted molar refractivity (Wildman–Crippen MR) is 153 cm³/mol. The SMILES string of the molecule is CCCCCCCCCCCCCCCCCC(C[SiH]1CCCCO1)O[Si]1(C)CCCC(C)O1. The fourth-order valence-electron chi connectivity index (χ4n) is 5.95. The van der Waals surface area contributed by atoms with Gasteiger partial charge in [-0.25, -0.2) is 0 Å². The molecular weight excluding hydrogens is 452 g/mol. The van der Waals surface area contributed by atoms with E-state index in [4.69, 9.17) is 13.3 Å². The molecule has 4 atom stereocenters. The number of hydrogen-bond donors (Lipinski definition) is 0. The van der Waals surface area contributed by atoms with Crippen molar-refractivity contribution >= 4 is 17.6 Å². The quantitative estimate of drug-likeness (QED) is 0.120. The summed E-state index contributed by atoms with van der Waals surface area (Å²) in [5, 5.41) is 0. The van der Waals surface area contributed by atoms with Gasteiger partial charge in [0.25, 0.3) is 0 Å². The van der Waals surface area contributed by atoms with Crippen LogP contribution in [0.1, 0.15) is 142 Å². The van der Waals surface area contributed by atoms with Crippen molar-refractivity contribution in [2.45, 2.75) is 179 Å². The Balaban J connectivity index is 1.52. The third kappa shape index (κ3) is 14.8. The second kappa shape index (κ2) is 19.4. The lowest BCUT2D eigenvalue weighted by molar-refractivity contribution is 0.0695. The van der Waals surface area contributed by atoms with Crippen molar-refractivity contribution in [3.05, 3.63) is 0 Å². The topological polar surface area (TPSA) is 27.7 Å². The summed E-state index contributed by atoms with van der Waals surface area (Å²) in [6, 6.07) is 3.76. The second-order valence-electron chi connectivity index (χ2n) is 11.7. The zero-order valence-corrected chi connectivity index (χ0v) is 25.6. The van der Waals surface area contributed by atoms with Gasteiger partial charge in [-0.2, -0.15) is 0 Å². The fourth-order valence-corrected chi connectivity index (χ4v) is 11.9. The van der Waals surface area contributed by atoms with Crippen molar-refractivity contribution in [2.75, 3.05) is 6.61 Å². The maximum atomic E-state index is 6.84. The molecule has 0 amide bonds. The van der Waals surface area contributed by atoms with Gasteiger partial charge in [0.1, 0.15) is 0 Å². The van der Waals surface area contributed by atoms with Gasteiger partial charge in [0, 0.05) is 18.8 Å². The first-order valence-electron chi connectivity index (χ1n) is 15.6. The number of rotatable bonds is 20. The van der Waals surface area contributed by atoms with E-state index in [1.165, 1.54) is 147 Å². The molecule has 0 saturated carbocycles. The molecule has 34 heavy (non-hydrogen) atoms. The summed E-state index contributed by atoms with van der Waals surface area (Å²) in [6.45, 7) is 7.86. The highest BCUT2D eigenvalue weighted by Gasteiger charge is 2.39. The van der Waals surface area contributed by atoms with Gasteiger partial charge < -0.3 is 13.3 Å². The molecule has 5 heteroatoms. The first-order chi connectivity index (χ1) is 16.6. The average molecular weight is 513 g/mol. The molecule has 0 aromatic rings. The van der Waals surface area contributed by atoms with Crippen molar-refractivity contribution in [2.24, 2.45) is 0 Å². The highest BCUT2D eigenvalue weighted by atomic mass is 28.4. The maximum absolute atomic E-state index is 6.84. The molecule has 2 aliphatic heterocycles. The van der Waals surface area contributed by atoms with Crippen LogP contribution in [0.4, 0.5) is 0 Å². The summed E-state index contributed by atoms with van der Waals surface area (Å²) < 4.78 is 19.5. The Bertz CT molecular complexity index is 472. The molecule has 0 radical (unpaired) electrons. The van der Waals surface area contributed by atoms with Gasteiger partial charge in [-0.05, 0) is 57.3 Å². The third-order valence-corrected chi connectivity index (χ3v) is 13.8. The largest absolute Gasteiger partial charge is 0.420 e. The lowest BCUT2D eigenvalue weighted by Crippen LogP contribution is -2.47. The van der Waals surface area contributed by atoms with E-state index in [9.17, 15) is 0 Å². The van der Waals surface area contributed by atoms with E-state index in [1.54, 1.807) is 0 Å². The molecule has 2 rings (SSSR count). The molecular formula is C29H60O3Si2. The van der Waals surface area contributed by atoms with E-state index in [0.29, 0.717) is 12.2 Å². The smallest absolute Gasteiger partial charge is 0.335 e. The van der Waals surface area contributed by atoms with E-state index in [1.807, 2.05) is 0 Å². The Labute approximate surface area is 216 Å². The normalized spacial score (nSPS) is 26.6. The van der Waals surface area contributed by atoms with E-state index in [0.717, 1.165) is 6.61 Å². The Morgan fingerprint density at radius 3 is 1.94 bits per heavy atom. The van der Waals surface area contributed by atoms with Gasteiger partial charge in [0.2, 0.25) is 0 Å². The monoisotopic (exact) mass is 512 g/mol. The van der Waals surface area contributed by atoms with Crippen LogP contribution in [-0.2, 0) is 13.3 Å². The molecule has 4 unspecified atom stereocenters. The molecule has 2 aliphatic rings. The van der Waals surface area contributed by atoms with Crippen LogP contribution in [0.5, 0.6) is 0 Å². The van der Waals surface area contributed by atoms with Crippen molar-refractivity contribution in [3.63, 3.8) is 0 Å². The van der Waals surface area contributed by atoms with E-state index < -0.39 is 17.6 Å². The Hall–Kier alpha value is 0.314. The van der Waals surface area contributed by atoms with Gasteiger partial charge in [0.15, 0.2) is 9.04 Å². The summed E-state index contributed by atoms with van der Waals surface area (Å²) in [6.07, 6.45) is 28.6. The van der Waals surface area contributed by atoms with Crippen LogP contribution in [0, 0.1) is 0 Å². The Morgan fingerprint density at radius 2 is 1.41 bits per heavy atom. The van der Waals surface area contributed by atoms with Crippen LogP contribution in [0.2, 0.25) is 24.7 Å².